The predicted octanol–water partition coefficient (Wildman–Crippen LogP) is 5.07. The molecule has 1 aliphatic rings. The monoisotopic (exact) mass is 536 g/mol. The number of carbonyl (C=O) groups is 1. The maximum atomic E-state index is 15.6. The number of benzene rings is 2. The summed E-state index contributed by atoms with van der Waals surface area (Å²) in [4.78, 5) is 17.4. The van der Waals surface area contributed by atoms with Crippen LogP contribution in [0.15, 0.2) is 59.1 Å². The summed E-state index contributed by atoms with van der Waals surface area (Å²) in [6.45, 7) is 7.83. The Morgan fingerprint density at radius 3 is 2.32 bits per heavy atom. The summed E-state index contributed by atoms with van der Waals surface area (Å²) in [5.41, 5.74) is 1.03. The molecule has 2 heterocycles. The fraction of sp³-hybridized carbons (Fsp3) is 0.379. The van der Waals surface area contributed by atoms with E-state index in [1.165, 1.54) is 30.5 Å². The number of piperidine rings is 1. The number of nitrogens with zero attached hydrogens (tertiary/aromatic N) is 4. The van der Waals surface area contributed by atoms with Crippen LogP contribution in [0, 0.1) is 24.1 Å². The third kappa shape index (κ3) is 5.24. The van der Waals surface area contributed by atoms with Crippen LogP contribution in [0.2, 0.25) is 0 Å². The van der Waals surface area contributed by atoms with Crippen LogP contribution in [0.25, 0.3) is 10.9 Å². The van der Waals surface area contributed by atoms with Crippen molar-refractivity contribution < 1.29 is 17.6 Å². The molecule has 2 aromatic carbocycles. The van der Waals surface area contributed by atoms with E-state index in [2.05, 4.69) is 18.7 Å². The lowest BCUT2D eigenvalue weighted by molar-refractivity contribution is 0.103. The number of aryl methyl sites for hydroxylation is 1. The number of nitriles is 1. The lowest BCUT2D eigenvalue weighted by Gasteiger charge is -2.34. The highest BCUT2D eigenvalue weighted by molar-refractivity contribution is 7.90. The van der Waals surface area contributed by atoms with Crippen LogP contribution >= 0.6 is 0 Å². The highest BCUT2D eigenvalue weighted by Gasteiger charge is 2.30. The number of aromatic nitrogens is 1. The molecular formula is C29H33FN4O3S. The summed E-state index contributed by atoms with van der Waals surface area (Å²) in [5.74, 6) is -1.25. The number of halogens is 1. The number of hydrogen-bond donors (Lipinski definition) is 0. The van der Waals surface area contributed by atoms with E-state index < -0.39 is 21.6 Å². The minimum Gasteiger partial charge on any atom is -0.382 e. The van der Waals surface area contributed by atoms with Crippen LogP contribution in [-0.2, 0) is 10.0 Å². The number of rotatable bonds is 7. The molecule has 1 saturated heterocycles. The minimum atomic E-state index is -4.28. The van der Waals surface area contributed by atoms with Crippen molar-refractivity contribution in [2.24, 2.45) is 0 Å². The average molecular weight is 537 g/mol. The van der Waals surface area contributed by atoms with Crippen molar-refractivity contribution in [3.8, 4) is 6.07 Å². The van der Waals surface area contributed by atoms with Crippen LogP contribution in [0.5, 0.6) is 0 Å². The van der Waals surface area contributed by atoms with Gasteiger partial charge in [0.2, 0.25) is 5.78 Å². The van der Waals surface area contributed by atoms with Crippen molar-refractivity contribution in [2.45, 2.75) is 50.5 Å². The Morgan fingerprint density at radius 1 is 1.13 bits per heavy atom. The Hall–Kier alpha value is -3.48. The van der Waals surface area contributed by atoms with Crippen LogP contribution in [0.4, 0.5) is 4.39 Å². The van der Waals surface area contributed by atoms with E-state index >= 15 is 4.39 Å². The number of allylic oxidation sites excluding steroid dienone is 1. The Kier molecular flexibility index (Phi) is 7.77. The van der Waals surface area contributed by atoms with Gasteiger partial charge in [0.05, 0.1) is 10.4 Å². The maximum absolute atomic E-state index is 15.6. The molecule has 0 N–H and O–H groups in total. The molecule has 0 saturated carbocycles. The molecule has 7 nitrogen and oxygen atoms in total. The quantitative estimate of drug-likeness (QED) is 0.238. The normalized spacial score (nSPS) is 15.7. The zero-order valence-corrected chi connectivity index (χ0v) is 23.2. The molecule has 0 unspecified atom stereocenters. The molecule has 0 spiro atoms. The Morgan fingerprint density at radius 2 is 1.76 bits per heavy atom. The number of hydrogen-bond acceptors (Lipinski definition) is 6. The summed E-state index contributed by atoms with van der Waals surface area (Å²) in [6, 6.07) is 12.9. The molecule has 38 heavy (non-hydrogen) atoms. The first-order valence-corrected chi connectivity index (χ1v) is 14.1. The van der Waals surface area contributed by atoms with E-state index in [9.17, 15) is 18.5 Å². The van der Waals surface area contributed by atoms with Crippen LogP contribution in [-0.4, -0.2) is 61.2 Å². The number of Topliss-reactive ketones (excluding diaryl/α,β-unsaturated/α-hetero) is 1. The summed E-state index contributed by atoms with van der Waals surface area (Å²) in [6.07, 6.45) is 2.93. The molecule has 1 aromatic heterocycles. The maximum Gasteiger partial charge on any atom is 0.268 e. The summed E-state index contributed by atoms with van der Waals surface area (Å²) < 4.78 is 44.2. The Balaban J connectivity index is 1.90. The number of carbonyl (C=O) groups excluding carboxylic acids is 1. The number of fused-ring (bicyclic) bond motifs is 1. The second-order valence-electron chi connectivity index (χ2n) is 10.4. The highest BCUT2D eigenvalue weighted by Crippen LogP contribution is 2.35. The van der Waals surface area contributed by atoms with Crippen LogP contribution < -0.4 is 0 Å². The van der Waals surface area contributed by atoms with Gasteiger partial charge in [-0.2, -0.15) is 5.26 Å². The van der Waals surface area contributed by atoms with Gasteiger partial charge in [-0.15, -0.1) is 0 Å². The molecule has 0 radical (unpaired) electrons. The van der Waals surface area contributed by atoms with Gasteiger partial charge in [-0.25, -0.2) is 16.8 Å². The van der Waals surface area contributed by atoms with Gasteiger partial charge in [-0.05, 0) is 88.5 Å². The van der Waals surface area contributed by atoms with Crippen LogP contribution in [0.3, 0.4) is 0 Å². The molecular weight excluding hydrogens is 503 g/mol. The van der Waals surface area contributed by atoms with Gasteiger partial charge in [-0.3, -0.25) is 4.79 Å². The summed E-state index contributed by atoms with van der Waals surface area (Å²) in [5, 5.41) is 10.1. The SMILES string of the molecule is Cc1ccc(S(=O)(=O)n2c(C(=O)/C(C#N)=C\N(C)C)cc3cc(C4CCN(C(C)C)CC4)c(F)cc32)cc1. The molecule has 3 aromatic rings. The number of likely N-dealkylation sites (tertiary alicyclic amines) is 1. The van der Waals surface area contributed by atoms with Gasteiger partial charge >= 0.3 is 0 Å². The molecule has 9 heteroatoms. The lowest BCUT2D eigenvalue weighted by Crippen LogP contribution is -2.38. The third-order valence-corrected chi connectivity index (χ3v) is 8.86. The smallest absolute Gasteiger partial charge is 0.268 e. The molecule has 0 aliphatic carbocycles. The minimum absolute atomic E-state index is 0.00564. The first-order valence-electron chi connectivity index (χ1n) is 12.7. The largest absolute Gasteiger partial charge is 0.382 e. The van der Waals surface area contributed by atoms with E-state index in [1.54, 1.807) is 37.2 Å². The fourth-order valence-corrected chi connectivity index (χ4v) is 6.53. The fourth-order valence-electron chi connectivity index (χ4n) is 5.03. The summed E-state index contributed by atoms with van der Waals surface area (Å²) in [7, 11) is -0.960. The van der Waals surface area contributed by atoms with Crippen molar-refractivity contribution in [3.63, 3.8) is 0 Å². The topological polar surface area (TPSA) is 86.4 Å². The van der Waals surface area contributed by atoms with Gasteiger partial charge in [0.25, 0.3) is 10.0 Å². The molecule has 0 amide bonds. The van der Waals surface area contributed by atoms with Crippen molar-refractivity contribution >= 4 is 26.7 Å². The molecule has 0 bridgehead atoms. The van der Waals surface area contributed by atoms with Gasteiger partial charge in [-0.1, -0.05) is 17.7 Å². The zero-order valence-electron chi connectivity index (χ0n) is 22.4. The average Bonchev–Trinajstić information content (AvgIpc) is 3.25. The lowest BCUT2D eigenvalue weighted by atomic mass is 9.88. The Labute approximate surface area is 223 Å². The van der Waals surface area contributed by atoms with E-state index in [-0.39, 0.29) is 27.6 Å². The third-order valence-electron chi connectivity index (χ3n) is 7.12. The van der Waals surface area contributed by atoms with Crippen molar-refractivity contribution in [1.82, 2.24) is 13.8 Å². The van der Waals surface area contributed by atoms with Crippen molar-refractivity contribution in [2.75, 3.05) is 27.2 Å². The van der Waals surface area contributed by atoms with Gasteiger partial charge in [0.15, 0.2) is 0 Å². The zero-order chi connectivity index (χ0) is 27.8. The second kappa shape index (κ2) is 10.7. The first kappa shape index (κ1) is 27.6. The van der Waals surface area contributed by atoms with E-state index in [4.69, 9.17) is 0 Å². The van der Waals surface area contributed by atoms with Crippen molar-refractivity contribution in [3.05, 3.63) is 76.9 Å². The second-order valence-corrected chi connectivity index (χ2v) is 12.2. The standard InChI is InChI=1S/C29H33FN4O3S/c1-19(2)33-12-10-21(11-13-33)25-14-22-15-28(29(35)23(17-31)18-32(4)5)34(27(22)16-26(25)30)38(36,37)24-8-6-20(3)7-9-24/h6-9,14-16,18-19,21H,10-13H2,1-5H3/b23-18-. The summed E-state index contributed by atoms with van der Waals surface area (Å²) >= 11 is 0. The number of ketones is 1. The molecule has 1 aliphatic heterocycles. The highest BCUT2D eigenvalue weighted by atomic mass is 32.2. The molecule has 1 fully saturated rings. The van der Waals surface area contributed by atoms with E-state index in [0.717, 1.165) is 35.5 Å². The van der Waals surface area contributed by atoms with Crippen molar-refractivity contribution in [1.29, 1.82) is 5.26 Å². The molecule has 0 atom stereocenters. The molecule has 4 rings (SSSR count). The first-order chi connectivity index (χ1) is 17.9. The van der Waals surface area contributed by atoms with Gasteiger partial charge in [0.1, 0.15) is 23.2 Å². The van der Waals surface area contributed by atoms with E-state index in [0.29, 0.717) is 17.0 Å². The van der Waals surface area contributed by atoms with Crippen LogP contribution in [0.1, 0.15) is 54.2 Å². The van der Waals surface area contributed by atoms with E-state index in [1.807, 2.05) is 13.0 Å². The predicted molar refractivity (Wildman–Crippen MR) is 146 cm³/mol. The Bertz CT molecular complexity index is 1540. The molecule has 200 valence electrons. The van der Waals surface area contributed by atoms with Gasteiger partial charge < -0.3 is 9.80 Å². The van der Waals surface area contributed by atoms with Gasteiger partial charge in [0, 0.05) is 31.7 Å².